The third-order valence-corrected chi connectivity index (χ3v) is 4.83. The average molecular weight is 518 g/mol. The van der Waals surface area contributed by atoms with Gasteiger partial charge in [0.25, 0.3) is 5.91 Å². The molecule has 164 valence electrons. The van der Waals surface area contributed by atoms with Crippen molar-refractivity contribution in [1.82, 2.24) is 15.5 Å². The molecule has 1 saturated heterocycles. The van der Waals surface area contributed by atoms with E-state index in [1.165, 1.54) is 0 Å². The highest BCUT2D eigenvalue weighted by molar-refractivity contribution is 14.0. The van der Waals surface area contributed by atoms with Gasteiger partial charge in [-0.15, -0.1) is 24.0 Å². The molecule has 1 aliphatic heterocycles. The molecule has 0 aromatic heterocycles. The van der Waals surface area contributed by atoms with E-state index >= 15 is 0 Å². The number of guanidine groups is 1. The zero-order valence-electron chi connectivity index (χ0n) is 18.3. The van der Waals surface area contributed by atoms with E-state index in [1.807, 2.05) is 56.9 Å². The summed E-state index contributed by atoms with van der Waals surface area (Å²) in [5.41, 5.74) is 1.51. The van der Waals surface area contributed by atoms with Crippen LogP contribution in [0, 0.1) is 0 Å². The van der Waals surface area contributed by atoms with Gasteiger partial charge in [-0.05, 0) is 45.4 Å². The minimum Gasteiger partial charge on any atom is -0.377 e. The fourth-order valence-corrected chi connectivity index (χ4v) is 3.07. The Balaban J connectivity index is 0.00000420. The number of carbonyl (C=O) groups is 1. The van der Waals surface area contributed by atoms with Gasteiger partial charge < -0.3 is 25.0 Å². The number of rotatable bonds is 6. The number of nitrogens with one attached hydrogen (secondary N) is 2. The van der Waals surface area contributed by atoms with Gasteiger partial charge in [0.1, 0.15) is 0 Å². The van der Waals surface area contributed by atoms with E-state index in [1.54, 1.807) is 14.2 Å². The molecule has 2 unspecified atom stereocenters. The summed E-state index contributed by atoms with van der Waals surface area (Å²) in [4.78, 5) is 18.8. The fraction of sp³-hybridized carbons (Fsp3) is 0.619. The first kappa shape index (κ1) is 25.6. The van der Waals surface area contributed by atoms with Gasteiger partial charge in [-0.3, -0.25) is 9.79 Å². The van der Waals surface area contributed by atoms with Crippen LogP contribution >= 0.6 is 24.0 Å². The van der Waals surface area contributed by atoms with Crippen LogP contribution < -0.4 is 10.6 Å². The lowest BCUT2D eigenvalue weighted by Gasteiger charge is -2.35. The van der Waals surface area contributed by atoms with E-state index in [2.05, 4.69) is 15.6 Å². The smallest absolute Gasteiger partial charge is 0.254 e. The lowest BCUT2D eigenvalue weighted by atomic mass is 10.1. The van der Waals surface area contributed by atoms with Crippen LogP contribution in [0.5, 0.6) is 0 Å². The number of methoxy groups -OCH3 is 1. The summed E-state index contributed by atoms with van der Waals surface area (Å²) in [5.74, 6) is 0.766. The summed E-state index contributed by atoms with van der Waals surface area (Å²) in [6, 6.07) is 7.71. The lowest BCUT2D eigenvalue weighted by molar-refractivity contribution is -0.0586. The predicted molar refractivity (Wildman–Crippen MR) is 127 cm³/mol. The van der Waals surface area contributed by atoms with Crippen molar-refractivity contribution in [3.05, 3.63) is 35.4 Å². The van der Waals surface area contributed by atoms with E-state index in [4.69, 9.17) is 9.47 Å². The van der Waals surface area contributed by atoms with E-state index in [9.17, 15) is 4.79 Å². The Morgan fingerprint density at radius 3 is 2.31 bits per heavy atom. The van der Waals surface area contributed by atoms with Gasteiger partial charge >= 0.3 is 0 Å². The summed E-state index contributed by atoms with van der Waals surface area (Å²) < 4.78 is 11.1. The predicted octanol–water partition coefficient (Wildman–Crippen LogP) is 2.64. The molecule has 2 rings (SSSR count). The number of amides is 1. The Kier molecular flexibility index (Phi) is 10.4. The highest BCUT2D eigenvalue weighted by Gasteiger charge is 2.26. The van der Waals surface area contributed by atoms with Crippen LogP contribution in [0.15, 0.2) is 29.3 Å². The van der Waals surface area contributed by atoms with Gasteiger partial charge in [0.15, 0.2) is 5.96 Å². The topological polar surface area (TPSA) is 75.2 Å². The summed E-state index contributed by atoms with van der Waals surface area (Å²) in [5, 5.41) is 6.53. The highest BCUT2D eigenvalue weighted by Crippen LogP contribution is 2.15. The molecule has 0 aliphatic carbocycles. The Bertz CT molecular complexity index is 669. The van der Waals surface area contributed by atoms with Crippen molar-refractivity contribution in [3.8, 4) is 0 Å². The maximum absolute atomic E-state index is 12.7. The van der Waals surface area contributed by atoms with Crippen molar-refractivity contribution >= 4 is 35.8 Å². The monoisotopic (exact) mass is 518 g/mol. The average Bonchev–Trinajstić information content (AvgIpc) is 2.67. The van der Waals surface area contributed by atoms with Gasteiger partial charge in [0.2, 0.25) is 0 Å². The Hall–Kier alpha value is -1.39. The lowest BCUT2D eigenvalue weighted by Crippen LogP contribution is -2.48. The Morgan fingerprint density at radius 1 is 1.21 bits per heavy atom. The second-order valence-corrected chi connectivity index (χ2v) is 7.91. The molecular weight excluding hydrogens is 483 g/mol. The molecule has 0 bridgehead atoms. The number of ether oxygens (including phenoxy) is 2. The number of aliphatic imine (C=N–C) groups is 1. The van der Waals surface area contributed by atoms with Crippen LogP contribution in [0.2, 0.25) is 0 Å². The molecule has 1 heterocycles. The van der Waals surface area contributed by atoms with Crippen molar-refractivity contribution in [2.75, 3.05) is 33.8 Å². The molecule has 2 atom stereocenters. The van der Waals surface area contributed by atoms with Gasteiger partial charge in [0.05, 0.1) is 17.8 Å². The number of halogens is 1. The first-order chi connectivity index (χ1) is 13.2. The molecular formula is C21H35IN4O3. The molecule has 2 N–H and O–H groups in total. The van der Waals surface area contributed by atoms with Crippen LogP contribution in [0.1, 0.15) is 43.6 Å². The van der Waals surface area contributed by atoms with E-state index < -0.39 is 0 Å². The minimum absolute atomic E-state index is 0. The summed E-state index contributed by atoms with van der Waals surface area (Å²) in [7, 11) is 3.43. The van der Waals surface area contributed by atoms with Crippen molar-refractivity contribution in [2.24, 2.45) is 4.99 Å². The molecule has 0 spiro atoms. The summed E-state index contributed by atoms with van der Waals surface area (Å²) in [6.45, 7) is 10.6. The number of nitrogens with zero attached hydrogens (tertiary/aromatic N) is 2. The van der Waals surface area contributed by atoms with Crippen molar-refractivity contribution in [2.45, 2.75) is 52.0 Å². The maximum Gasteiger partial charge on any atom is 0.254 e. The molecule has 29 heavy (non-hydrogen) atoms. The van der Waals surface area contributed by atoms with Gasteiger partial charge in [-0.25, -0.2) is 0 Å². The second kappa shape index (κ2) is 11.7. The molecule has 7 nitrogen and oxygen atoms in total. The van der Waals surface area contributed by atoms with Gasteiger partial charge in [0, 0.05) is 45.9 Å². The minimum atomic E-state index is -0.270. The highest BCUT2D eigenvalue weighted by atomic mass is 127. The van der Waals surface area contributed by atoms with Gasteiger partial charge in [-0.1, -0.05) is 12.1 Å². The van der Waals surface area contributed by atoms with Crippen LogP contribution in [-0.2, 0) is 16.0 Å². The molecule has 1 amide bonds. The number of carbonyl (C=O) groups excluding carboxylic acids is 1. The first-order valence-corrected chi connectivity index (χ1v) is 9.77. The first-order valence-electron chi connectivity index (χ1n) is 9.77. The molecule has 0 radical (unpaired) electrons. The van der Waals surface area contributed by atoms with E-state index in [0.717, 1.165) is 5.56 Å². The van der Waals surface area contributed by atoms with Crippen LogP contribution in [0.3, 0.4) is 0 Å². The van der Waals surface area contributed by atoms with E-state index in [0.29, 0.717) is 37.7 Å². The number of benzene rings is 1. The summed E-state index contributed by atoms with van der Waals surface area (Å²) >= 11 is 0. The van der Waals surface area contributed by atoms with Crippen molar-refractivity contribution in [1.29, 1.82) is 0 Å². The van der Waals surface area contributed by atoms with Crippen LogP contribution in [0.4, 0.5) is 0 Å². The van der Waals surface area contributed by atoms with Crippen molar-refractivity contribution < 1.29 is 14.3 Å². The molecule has 8 heteroatoms. The zero-order chi connectivity index (χ0) is 20.7. The molecule has 0 saturated carbocycles. The number of hydrogen-bond acceptors (Lipinski definition) is 4. The van der Waals surface area contributed by atoms with Crippen LogP contribution in [0.25, 0.3) is 0 Å². The standard InChI is InChI=1S/C21H34N4O3.HI/c1-15-12-25(13-16(2)28-15)19(26)18-9-7-17(8-10-18)11-23-20(22-5)24-14-21(3,4)27-6;/h7-10,15-16H,11-14H2,1-6H3,(H2,22,23,24);1H. The maximum atomic E-state index is 12.7. The third kappa shape index (κ3) is 8.10. The second-order valence-electron chi connectivity index (χ2n) is 7.91. The normalized spacial score (nSPS) is 20.1. The number of morpholine rings is 1. The zero-order valence-corrected chi connectivity index (χ0v) is 20.7. The SMILES string of the molecule is CN=C(NCc1ccc(C(=O)N2CC(C)OC(C)C2)cc1)NCC(C)(C)OC.I. The van der Waals surface area contributed by atoms with Crippen molar-refractivity contribution in [3.63, 3.8) is 0 Å². The largest absolute Gasteiger partial charge is 0.377 e. The van der Waals surface area contributed by atoms with E-state index in [-0.39, 0.29) is 47.7 Å². The fourth-order valence-electron chi connectivity index (χ4n) is 3.07. The molecule has 1 aliphatic rings. The van der Waals surface area contributed by atoms with Gasteiger partial charge in [-0.2, -0.15) is 0 Å². The Morgan fingerprint density at radius 2 is 1.79 bits per heavy atom. The molecule has 1 aromatic rings. The Labute approximate surface area is 191 Å². The number of hydrogen-bond donors (Lipinski definition) is 2. The third-order valence-electron chi connectivity index (χ3n) is 4.83. The molecule has 1 fully saturated rings. The quantitative estimate of drug-likeness (QED) is 0.344. The molecule has 1 aromatic carbocycles. The van der Waals surface area contributed by atoms with Crippen LogP contribution in [-0.4, -0.2) is 68.4 Å². The summed E-state index contributed by atoms with van der Waals surface area (Å²) in [6.07, 6.45) is 0.136.